The summed E-state index contributed by atoms with van der Waals surface area (Å²) in [6, 6.07) is 0. The van der Waals surface area contributed by atoms with Crippen molar-refractivity contribution in [3.63, 3.8) is 0 Å². The quantitative estimate of drug-likeness (QED) is 0.621. The second-order valence-electron chi connectivity index (χ2n) is 4.28. The molecule has 0 aliphatic rings. The van der Waals surface area contributed by atoms with Gasteiger partial charge in [-0.3, -0.25) is 4.68 Å². The van der Waals surface area contributed by atoms with E-state index in [1.54, 1.807) is 12.7 Å². The van der Waals surface area contributed by atoms with Crippen LogP contribution in [-0.2, 0) is 6.54 Å². The molecule has 1 aromatic rings. The summed E-state index contributed by atoms with van der Waals surface area (Å²) in [6.07, 6.45) is 13.8. The first-order valence-corrected chi connectivity index (χ1v) is 6.46. The molecule has 0 amide bonds. The van der Waals surface area contributed by atoms with Crippen molar-refractivity contribution >= 4 is 0 Å². The summed E-state index contributed by atoms with van der Waals surface area (Å²) in [5.41, 5.74) is 5.44. The zero-order valence-corrected chi connectivity index (χ0v) is 10.1. The second-order valence-corrected chi connectivity index (χ2v) is 4.28. The van der Waals surface area contributed by atoms with Crippen LogP contribution in [0.1, 0.15) is 51.4 Å². The lowest BCUT2D eigenvalue weighted by molar-refractivity contribution is 0.518. The molecule has 1 rings (SSSR count). The zero-order chi connectivity index (χ0) is 11.5. The SMILES string of the molecule is NCCCCCCCCCCn1cncn1. The fraction of sp³-hybridized carbons (Fsp3) is 0.833. The number of rotatable bonds is 10. The Labute approximate surface area is 98.2 Å². The van der Waals surface area contributed by atoms with Crippen molar-refractivity contribution in [3.8, 4) is 0 Å². The van der Waals surface area contributed by atoms with Crippen LogP contribution in [0.5, 0.6) is 0 Å². The Balaban J connectivity index is 1.78. The highest BCUT2D eigenvalue weighted by Crippen LogP contribution is 2.08. The van der Waals surface area contributed by atoms with Gasteiger partial charge in [-0.2, -0.15) is 5.10 Å². The number of unbranched alkanes of at least 4 members (excludes halogenated alkanes) is 7. The Morgan fingerprint density at radius 2 is 1.50 bits per heavy atom. The van der Waals surface area contributed by atoms with Crippen molar-refractivity contribution in [1.29, 1.82) is 0 Å². The Morgan fingerprint density at radius 3 is 2.06 bits per heavy atom. The van der Waals surface area contributed by atoms with Crippen LogP contribution in [0.3, 0.4) is 0 Å². The maximum Gasteiger partial charge on any atom is 0.137 e. The molecule has 16 heavy (non-hydrogen) atoms. The maximum atomic E-state index is 5.44. The maximum absolute atomic E-state index is 5.44. The number of nitrogens with two attached hydrogens (primary N) is 1. The van der Waals surface area contributed by atoms with Gasteiger partial charge in [0.2, 0.25) is 0 Å². The highest BCUT2D eigenvalue weighted by molar-refractivity contribution is 4.56. The molecule has 0 bridgehead atoms. The molecule has 4 nitrogen and oxygen atoms in total. The van der Waals surface area contributed by atoms with E-state index in [1.165, 1.54) is 51.4 Å². The topological polar surface area (TPSA) is 56.7 Å². The van der Waals surface area contributed by atoms with E-state index in [-0.39, 0.29) is 0 Å². The highest BCUT2D eigenvalue weighted by atomic mass is 15.3. The number of hydrogen-bond donors (Lipinski definition) is 1. The van der Waals surface area contributed by atoms with Crippen LogP contribution >= 0.6 is 0 Å². The van der Waals surface area contributed by atoms with Crippen molar-refractivity contribution in [2.24, 2.45) is 5.73 Å². The van der Waals surface area contributed by atoms with Crippen LogP contribution in [0, 0.1) is 0 Å². The highest BCUT2D eigenvalue weighted by Gasteiger charge is 1.93. The first kappa shape index (κ1) is 13.2. The Hall–Kier alpha value is -0.900. The van der Waals surface area contributed by atoms with Crippen LogP contribution in [-0.4, -0.2) is 21.3 Å². The molecule has 0 spiro atoms. The summed E-state index contributed by atoms with van der Waals surface area (Å²) in [6.45, 7) is 1.85. The minimum atomic E-state index is 0.845. The largest absolute Gasteiger partial charge is 0.330 e. The summed E-state index contributed by atoms with van der Waals surface area (Å²) in [5, 5.41) is 4.08. The van der Waals surface area contributed by atoms with Gasteiger partial charge in [0, 0.05) is 6.54 Å². The van der Waals surface area contributed by atoms with E-state index in [9.17, 15) is 0 Å². The summed E-state index contributed by atoms with van der Waals surface area (Å²) in [5.74, 6) is 0. The molecule has 0 saturated heterocycles. The fourth-order valence-corrected chi connectivity index (χ4v) is 1.83. The van der Waals surface area contributed by atoms with E-state index in [0.717, 1.165) is 13.1 Å². The molecule has 1 heterocycles. The van der Waals surface area contributed by atoms with Crippen molar-refractivity contribution in [2.45, 2.75) is 57.9 Å². The van der Waals surface area contributed by atoms with E-state index >= 15 is 0 Å². The Kier molecular flexibility index (Phi) is 7.68. The van der Waals surface area contributed by atoms with Crippen LogP contribution in [0.25, 0.3) is 0 Å². The van der Waals surface area contributed by atoms with Gasteiger partial charge in [-0.05, 0) is 19.4 Å². The van der Waals surface area contributed by atoms with Crippen molar-refractivity contribution in [3.05, 3.63) is 12.7 Å². The molecule has 0 aliphatic carbocycles. The standard InChI is InChI=1S/C12H24N4/c13-9-7-5-3-1-2-4-6-8-10-16-12-14-11-15-16/h11-12H,1-10,13H2. The van der Waals surface area contributed by atoms with Gasteiger partial charge < -0.3 is 5.73 Å². The predicted molar refractivity (Wildman–Crippen MR) is 66.0 cm³/mol. The van der Waals surface area contributed by atoms with Crippen molar-refractivity contribution in [2.75, 3.05) is 6.54 Å². The van der Waals surface area contributed by atoms with Gasteiger partial charge in [-0.25, -0.2) is 4.98 Å². The van der Waals surface area contributed by atoms with E-state index < -0.39 is 0 Å². The van der Waals surface area contributed by atoms with E-state index in [4.69, 9.17) is 5.73 Å². The summed E-state index contributed by atoms with van der Waals surface area (Å²) in [4.78, 5) is 3.92. The van der Waals surface area contributed by atoms with E-state index in [0.29, 0.717) is 0 Å². The molecule has 0 aliphatic heterocycles. The van der Waals surface area contributed by atoms with Crippen LogP contribution in [0.2, 0.25) is 0 Å². The Bertz CT molecular complexity index is 233. The third-order valence-corrected chi connectivity index (χ3v) is 2.81. The zero-order valence-electron chi connectivity index (χ0n) is 10.1. The average Bonchev–Trinajstić information content (AvgIpc) is 2.80. The van der Waals surface area contributed by atoms with Crippen molar-refractivity contribution in [1.82, 2.24) is 14.8 Å². The molecule has 0 fully saturated rings. The van der Waals surface area contributed by atoms with Gasteiger partial charge in [-0.1, -0.05) is 38.5 Å². The molecule has 0 atom stereocenters. The van der Waals surface area contributed by atoms with Gasteiger partial charge in [-0.15, -0.1) is 0 Å². The summed E-state index contributed by atoms with van der Waals surface area (Å²) < 4.78 is 1.90. The van der Waals surface area contributed by atoms with E-state index in [1.807, 2.05) is 4.68 Å². The Morgan fingerprint density at radius 1 is 0.875 bits per heavy atom. The second kappa shape index (κ2) is 9.33. The molecule has 0 unspecified atom stereocenters. The predicted octanol–water partition coefficient (Wildman–Crippen LogP) is 2.36. The first-order chi connectivity index (χ1) is 7.93. The molecule has 4 heteroatoms. The van der Waals surface area contributed by atoms with Crippen LogP contribution in [0.15, 0.2) is 12.7 Å². The molecule has 0 saturated carbocycles. The lowest BCUT2D eigenvalue weighted by Gasteiger charge is -2.02. The molecule has 0 aromatic carbocycles. The number of aryl methyl sites for hydroxylation is 1. The number of nitrogens with zero attached hydrogens (tertiary/aromatic N) is 3. The van der Waals surface area contributed by atoms with Gasteiger partial charge in [0.05, 0.1) is 0 Å². The minimum Gasteiger partial charge on any atom is -0.330 e. The monoisotopic (exact) mass is 224 g/mol. The average molecular weight is 224 g/mol. The van der Waals surface area contributed by atoms with Gasteiger partial charge in [0.15, 0.2) is 0 Å². The van der Waals surface area contributed by atoms with Gasteiger partial charge in [0.25, 0.3) is 0 Å². The smallest absolute Gasteiger partial charge is 0.137 e. The molecule has 1 aromatic heterocycles. The fourth-order valence-electron chi connectivity index (χ4n) is 1.83. The third-order valence-electron chi connectivity index (χ3n) is 2.81. The van der Waals surface area contributed by atoms with Crippen LogP contribution in [0.4, 0.5) is 0 Å². The lowest BCUT2D eigenvalue weighted by Crippen LogP contribution is -1.98. The molecule has 0 radical (unpaired) electrons. The number of hydrogen-bond acceptors (Lipinski definition) is 3. The molecule has 2 N–H and O–H groups in total. The minimum absolute atomic E-state index is 0.845. The first-order valence-electron chi connectivity index (χ1n) is 6.46. The number of aromatic nitrogens is 3. The summed E-state index contributed by atoms with van der Waals surface area (Å²) >= 11 is 0. The molecular formula is C12H24N4. The normalized spacial score (nSPS) is 10.8. The van der Waals surface area contributed by atoms with Gasteiger partial charge in [0.1, 0.15) is 12.7 Å². The third kappa shape index (κ3) is 6.56. The molecular weight excluding hydrogens is 200 g/mol. The van der Waals surface area contributed by atoms with Gasteiger partial charge >= 0.3 is 0 Å². The van der Waals surface area contributed by atoms with E-state index in [2.05, 4.69) is 10.1 Å². The van der Waals surface area contributed by atoms with Crippen molar-refractivity contribution < 1.29 is 0 Å². The van der Waals surface area contributed by atoms with Crippen LogP contribution < -0.4 is 5.73 Å². The molecule has 92 valence electrons. The summed E-state index contributed by atoms with van der Waals surface area (Å²) in [7, 11) is 0. The lowest BCUT2D eigenvalue weighted by atomic mass is 10.1.